The molecule has 1 unspecified atom stereocenters. The molecule has 0 bridgehead atoms. The average molecular weight is 196 g/mol. The van der Waals surface area contributed by atoms with Crippen LogP contribution in [-0.4, -0.2) is 16.6 Å². The second-order valence-corrected chi connectivity index (χ2v) is 4.46. The van der Waals surface area contributed by atoms with Gasteiger partial charge in [0.15, 0.2) is 0 Å². The summed E-state index contributed by atoms with van der Waals surface area (Å²) in [4.78, 5) is 0.922. The average Bonchev–Trinajstić information content (AvgIpc) is 2.49. The molecule has 1 aliphatic rings. The Balaban J connectivity index is 2.36. The Morgan fingerprint density at radius 3 is 3.15 bits per heavy atom. The van der Waals surface area contributed by atoms with Gasteiger partial charge in [-0.1, -0.05) is 6.07 Å². The van der Waals surface area contributed by atoms with Crippen molar-refractivity contribution in [1.82, 2.24) is 0 Å². The minimum atomic E-state index is -0.864. The first-order chi connectivity index (χ1) is 6.31. The van der Waals surface area contributed by atoms with Gasteiger partial charge in [0.05, 0.1) is 27.3 Å². The van der Waals surface area contributed by atoms with Gasteiger partial charge < -0.3 is 11.1 Å². The van der Waals surface area contributed by atoms with E-state index in [0.717, 1.165) is 17.0 Å². The van der Waals surface area contributed by atoms with E-state index in [0.29, 0.717) is 12.4 Å². The Kier molecular flexibility index (Phi) is 2.33. The monoisotopic (exact) mass is 196 g/mol. The summed E-state index contributed by atoms with van der Waals surface area (Å²) in [5.74, 6) is 0.543. The first-order valence-electron chi connectivity index (χ1n) is 4.26. The Morgan fingerprint density at radius 1 is 1.54 bits per heavy atom. The zero-order valence-electron chi connectivity index (χ0n) is 7.25. The van der Waals surface area contributed by atoms with E-state index in [1.807, 2.05) is 18.2 Å². The second kappa shape index (κ2) is 3.47. The van der Waals surface area contributed by atoms with Gasteiger partial charge in [-0.25, -0.2) is 0 Å². The van der Waals surface area contributed by atoms with E-state index in [1.165, 1.54) is 5.56 Å². The molecule has 1 aliphatic heterocycles. The minimum Gasteiger partial charge on any atom is -0.372 e. The number of fused-ring (bicyclic) bond motifs is 1. The van der Waals surface area contributed by atoms with Crippen molar-refractivity contribution >= 4 is 16.5 Å². The molecule has 1 atom stereocenters. The molecule has 0 fully saturated rings. The highest BCUT2D eigenvalue weighted by molar-refractivity contribution is 7.85. The number of benzene rings is 1. The number of rotatable bonds is 2. The van der Waals surface area contributed by atoms with Crippen molar-refractivity contribution in [3.05, 3.63) is 23.8 Å². The van der Waals surface area contributed by atoms with Crippen LogP contribution in [-0.2, 0) is 17.2 Å². The van der Waals surface area contributed by atoms with Crippen LogP contribution in [0, 0.1) is 0 Å². The summed E-state index contributed by atoms with van der Waals surface area (Å²) in [5.41, 5.74) is 7.61. The molecule has 0 aromatic heterocycles. The van der Waals surface area contributed by atoms with Gasteiger partial charge in [-0.3, -0.25) is 4.21 Å². The molecular weight excluding hydrogens is 184 g/mol. The van der Waals surface area contributed by atoms with Crippen molar-refractivity contribution in [3.8, 4) is 0 Å². The predicted molar refractivity (Wildman–Crippen MR) is 54.1 cm³/mol. The molecule has 3 N–H and O–H groups in total. The van der Waals surface area contributed by atoms with Crippen LogP contribution < -0.4 is 11.1 Å². The standard InChI is InChI=1S/C9H12N2OS/c10-4-3-7-1-2-8-9(5-7)13(12)6-11-8/h1-2,5,11H,3-4,6,10H2. The fourth-order valence-electron chi connectivity index (χ4n) is 1.44. The molecule has 0 saturated heterocycles. The van der Waals surface area contributed by atoms with Crippen LogP contribution in [0.4, 0.5) is 5.69 Å². The molecule has 4 heteroatoms. The Morgan fingerprint density at radius 2 is 2.38 bits per heavy atom. The number of hydrogen-bond acceptors (Lipinski definition) is 3. The SMILES string of the molecule is NCCc1ccc2c(c1)S(=O)CN2. The first-order valence-corrected chi connectivity index (χ1v) is 5.58. The van der Waals surface area contributed by atoms with Crippen LogP contribution in [0.3, 0.4) is 0 Å². The zero-order chi connectivity index (χ0) is 9.26. The number of anilines is 1. The van der Waals surface area contributed by atoms with E-state index < -0.39 is 10.8 Å². The molecule has 70 valence electrons. The van der Waals surface area contributed by atoms with Gasteiger partial charge >= 0.3 is 0 Å². The smallest absolute Gasteiger partial charge is 0.0959 e. The van der Waals surface area contributed by atoms with Gasteiger partial charge in [0.1, 0.15) is 0 Å². The number of nitrogens with two attached hydrogens (primary N) is 1. The topological polar surface area (TPSA) is 55.1 Å². The maximum atomic E-state index is 11.4. The molecule has 1 heterocycles. The van der Waals surface area contributed by atoms with Crippen LogP contribution in [0.25, 0.3) is 0 Å². The van der Waals surface area contributed by atoms with Crippen LogP contribution in [0.5, 0.6) is 0 Å². The molecule has 0 spiro atoms. The predicted octanol–water partition coefficient (Wildman–Crippen LogP) is 0.678. The summed E-state index contributed by atoms with van der Waals surface area (Å²) >= 11 is 0. The lowest BCUT2D eigenvalue weighted by Gasteiger charge is -2.01. The van der Waals surface area contributed by atoms with Gasteiger partial charge in [0.25, 0.3) is 0 Å². The van der Waals surface area contributed by atoms with Gasteiger partial charge in [-0.2, -0.15) is 0 Å². The largest absolute Gasteiger partial charge is 0.372 e. The molecule has 0 saturated carbocycles. The highest BCUT2D eigenvalue weighted by Crippen LogP contribution is 2.26. The summed E-state index contributed by atoms with van der Waals surface area (Å²) in [6.45, 7) is 0.638. The molecule has 0 aliphatic carbocycles. The molecule has 0 radical (unpaired) electrons. The van der Waals surface area contributed by atoms with E-state index in [4.69, 9.17) is 5.73 Å². The van der Waals surface area contributed by atoms with E-state index in [-0.39, 0.29) is 0 Å². The Labute approximate surface area is 79.8 Å². The minimum absolute atomic E-state index is 0.543. The van der Waals surface area contributed by atoms with Crippen molar-refractivity contribution in [2.45, 2.75) is 11.3 Å². The van der Waals surface area contributed by atoms with E-state index in [1.54, 1.807) is 0 Å². The fraction of sp³-hybridized carbons (Fsp3) is 0.333. The molecular formula is C9H12N2OS. The van der Waals surface area contributed by atoms with Crippen LogP contribution in [0.15, 0.2) is 23.1 Å². The fourth-order valence-corrected chi connectivity index (χ4v) is 2.55. The second-order valence-electron chi connectivity index (χ2n) is 3.04. The molecule has 1 aromatic carbocycles. The van der Waals surface area contributed by atoms with Crippen LogP contribution >= 0.6 is 0 Å². The van der Waals surface area contributed by atoms with Gasteiger partial charge in [0, 0.05) is 0 Å². The summed E-state index contributed by atoms with van der Waals surface area (Å²) < 4.78 is 11.4. The quantitative estimate of drug-likeness (QED) is 0.731. The summed E-state index contributed by atoms with van der Waals surface area (Å²) in [6, 6.07) is 5.99. The maximum absolute atomic E-state index is 11.4. The summed E-state index contributed by atoms with van der Waals surface area (Å²) in [7, 11) is -0.864. The zero-order valence-corrected chi connectivity index (χ0v) is 8.06. The lowest BCUT2D eigenvalue weighted by Crippen LogP contribution is -2.02. The Bertz CT molecular complexity index is 351. The van der Waals surface area contributed by atoms with Crippen molar-refractivity contribution in [1.29, 1.82) is 0 Å². The van der Waals surface area contributed by atoms with E-state index in [9.17, 15) is 4.21 Å². The third kappa shape index (κ3) is 1.59. The van der Waals surface area contributed by atoms with Crippen molar-refractivity contribution in [3.63, 3.8) is 0 Å². The van der Waals surface area contributed by atoms with Gasteiger partial charge in [-0.05, 0) is 30.7 Å². The normalized spacial score (nSPS) is 19.6. The third-order valence-corrected chi connectivity index (χ3v) is 3.35. The van der Waals surface area contributed by atoms with Crippen LogP contribution in [0.1, 0.15) is 5.56 Å². The summed E-state index contributed by atoms with van der Waals surface area (Å²) in [6.07, 6.45) is 0.852. The molecule has 1 aromatic rings. The maximum Gasteiger partial charge on any atom is 0.0959 e. The molecule has 0 amide bonds. The molecule has 13 heavy (non-hydrogen) atoms. The first kappa shape index (κ1) is 8.72. The van der Waals surface area contributed by atoms with Crippen LogP contribution in [0.2, 0.25) is 0 Å². The lowest BCUT2D eigenvalue weighted by atomic mass is 10.1. The van der Waals surface area contributed by atoms with Gasteiger partial charge in [-0.15, -0.1) is 0 Å². The van der Waals surface area contributed by atoms with Crippen molar-refractivity contribution < 1.29 is 4.21 Å². The number of hydrogen-bond donors (Lipinski definition) is 2. The van der Waals surface area contributed by atoms with E-state index in [2.05, 4.69) is 5.32 Å². The van der Waals surface area contributed by atoms with E-state index >= 15 is 0 Å². The molecule has 3 nitrogen and oxygen atoms in total. The lowest BCUT2D eigenvalue weighted by molar-refractivity contribution is 0.686. The summed E-state index contributed by atoms with van der Waals surface area (Å²) in [5, 5.41) is 3.09. The number of nitrogens with one attached hydrogen (secondary N) is 1. The highest BCUT2D eigenvalue weighted by Gasteiger charge is 2.16. The highest BCUT2D eigenvalue weighted by atomic mass is 32.2. The van der Waals surface area contributed by atoms with Crippen molar-refractivity contribution in [2.75, 3.05) is 17.7 Å². The third-order valence-electron chi connectivity index (χ3n) is 2.12. The van der Waals surface area contributed by atoms with Gasteiger partial charge in [0.2, 0.25) is 0 Å². The Hall–Kier alpha value is -0.870. The van der Waals surface area contributed by atoms with Crippen molar-refractivity contribution in [2.24, 2.45) is 5.73 Å². The molecule has 2 rings (SSSR count).